The van der Waals surface area contributed by atoms with Crippen LogP contribution in [0.25, 0.3) is 11.3 Å². The number of nitro groups is 1. The lowest BCUT2D eigenvalue weighted by Crippen LogP contribution is -2.32. The van der Waals surface area contributed by atoms with Gasteiger partial charge in [-0.1, -0.05) is 30.3 Å². The number of ether oxygens (including phenoxy) is 1. The SMILES string of the molecule is COc1ccccc1NC(=O)CCN1C(=S)N[C@H](c2ccccn2)[C@@H]1c1ccc(-c2ccccc2[N+](=O)[O-])o1. The summed E-state index contributed by atoms with van der Waals surface area (Å²) in [5.41, 5.74) is 1.65. The van der Waals surface area contributed by atoms with Crippen LogP contribution in [0.2, 0.25) is 0 Å². The summed E-state index contributed by atoms with van der Waals surface area (Å²) in [7, 11) is 1.54. The number of methoxy groups -OCH3 is 1. The van der Waals surface area contributed by atoms with Gasteiger partial charge in [-0.05, 0) is 54.7 Å². The molecule has 1 amide bonds. The van der Waals surface area contributed by atoms with Crippen LogP contribution in [0.4, 0.5) is 11.4 Å². The van der Waals surface area contributed by atoms with Crippen molar-refractivity contribution in [2.45, 2.75) is 18.5 Å². The average Bonchev–Trinajstić information content (AvgIpc) is 3.57. The van der Waals surface area contributed by atoms with Crippen molar-refractivity contribution >= 4 is 34.6 Å². The lowest BCUT2D eigenvalue weighted by molar-refractivity contribution is -0.384. The van der Waals surface area contributed by atoms with Gasteiger partial charge in [0.2, 0.25) is 5.91 Å². The Morgan fingerprint density at radius 2 is 1.90 bits per heavy atom. The molecule has 198 valence electrons. The number of benzene rings is 2. The maximum Gasteiger partial charge on any atom is 0.280 e. The highest BCUT2D eigenvalue weighted by Crippen LogP contribution is 2.41. The van der Waals surface area contributed by atoms with E-state index in [9.17, 15) is 14.9 Å². The Morgan fingerprint density at radius 1 is 1.13 bits per heavy atom. The maximum absolute atomic E-state index is 12.9. The summed E-state index contributed by atoms with van der Waals surface area (Å²) in [5.74, 6) is 1.26. The molecule has 2 aromatic carbocycles. The van der Waals surface area contributed by atoms with E-state index in [1.807, 2.05) is 35.2 Å². The van der Waals surface area contributed by atoms with E-state index in [0.29, 0.717) is 40.2 Å². The second kappa shape index (κ2) is 11.3. The minimum absolute atomic E-state index is 0.0513. The molecule has 3 heterocycles. The van der Waals surface area contributed by atoms with Crippen LogP contribution in [0.15, 0.2) is 89.5 Å². The summed E-state index contributed by atoms with van der Waals surface area (Å²) < 4.78 is 11.5. The van der Waals surface area contributed by atoms with Crippen LogP contribution in [0, 0.1) is 10.1 Å². The molecule has 2 N–H and O–H groups in total. The number of nitrogens with one attached hydrogen (secondary N) is 2. The van der Waals surface area contributed by atoms with Crippen molar-refractivity contribution < 1.29 is 18.9 Å². The van der Waals surface area contributed by atoms with Crippen molar-refractivity contribution in [3.05, 3.63) is 107 Å². The van der Waals surface area contributed by atoms with E-state index in [1.165, 1.54) is 6.07 Å². The molecule has 0 saturated carbocycles. The summed E-state index contributed by atoms with van der Waals surface area (Å²) in [6, 6.07) is 21.9. The van der Waals surface area contributed by atoms with Gasteiger partial charge in [0.05, 0.1) is 35.0 Å². The molecule has 0 bridgehead atoms. The monoisotopic (exact) mass is 543 g/mol. The molecule has 0 radical (unpaired) electrons. The van der Waals surface area contributed by atoms with Crippen LogP contribution in [0.3, 0.4) is 0 Å². The normalized spacial score (nSPS) is 16.5. The van der Waals surface area contributed by atoms with Crippen molar-refractivity contribution in [1.82, 2.24) is 15.2 Å². The number of furan rings is 1. The predicted octanol–water partition coefficient (Wildman–Crippen LogP) is 5.26. The lowest BCUT2D eigenvalue weighted by Gasteiger charge is -2.26. The van der Waals surface area contributed by atoms with Crippen molar-refractivity contribution in [2.75, 3.05) is 19.0 Å². The number of carbonyl (C=O) groups is 1. The molecule has 10 nitrogen and oxygen atoms in total. The van der Waals surface area contributed by atoms with Crippen LogP contribution >= 0.6 is 12.2 Å². The van der Waals surface area contributed by atoms with E-state index in [4.69, 9.17) is 21.4 Å². The van der Waals surface area contributed by atoms with Gasteiger partial charge in [-0.3, -0.25) is 19.9 Å². The van der Waals surface area contributed by atoms with E-state index < -0.39 is 11.0 Å². The van der Waals surface area contributed by atoms with Gasteiger partial charge in [0.15, 0.2) is 5.11 Å². The first kappa shape index (κ1) is 25.9. The molecule has 2 atom stereocenters. The van der Waals surface area contributed by atoms with Crippen LogP contribution in [-0.4, -0.2) is 39.5 Å². The molecular weight excluding hydrogens is 518 g/mol. The Kier molecular flexibility index (Phi) is 7.50. The summed E-state index contributed by atoms with van der Waals surface area (Å²) in [6.07, 6.45) is 1.84. The summed E-state index contributed by atoms with van der Waals surface area (Å²) in [4.78, 5) is 30.4. The van der Waals surface area contributed by atoms with E-state index in [2.05, 4.69) is 15.6 Å². The highest BCUT2D eigenvalue weighted by atomic mass is 32.1. The molecule has 2 aromatic heterocycles. The third-order valence-corrected chi connectivity index (χ3v) is 6.80. The van der Waals surface area contributed by atoms with E-state index in [0.717, 1.165) is 5.69 Å². The topological polar surface area (TPSA) is 123 Å². The fourth-order valence-electron chi connectivity index (χ4n) is 4.64. The third kappa shape index (κ3) is 5.43. The van der Waals surface area contributed by atoms with Gasteiger partial charge in [0.25, 0.3) is 5.69 Å². The molecule has 1 fully saturated rings. The van der Waals surface area contributed by atoms with Gasteiger partial charge in [0.1, 0.15) is 23.3 Å². The predicted molar refractivity (Wildman–Crippen MR) is 149 cm³/mol. The molecule has 1 aliphatic heterocycles. The number of pyridine rings is 1. The van der Waals surface area contributed by atoms with Gasteiger partial charge in [-0.25, -0.2) is 0 Å². The molecule has 0 spiro atoms. The Labute approximate surface area is 229 Å². The maximum atomic E-state index is 12.9. The number of nitrogens with zero attached hydrogens (tertiary/aromatic N) is 3. The van der Waals surface area contributed by atoms with Crippen molar-refractivity contribution in [3.63, 3.8) is 0 Å². The van der Waals surface area contributed by atoms with Crippen LogP contribution in [0.1, 0.15) is 30.0 Å². The number of amides is 1. The van der Waals surface area contributed by atoms with Crippen molar-refractivity contribution in [2.24, 2.45) is 0 Å². The Balaban J connectivity index is 1.42. The molecule has 39 heavy (non-hydrogen) atoms. The molecule has 0 aliphatic carbocycles. The van der Waals surface area contributed by atoms with Gasteiger partial charge in [0, 0.05) is 25.2 Å². The Morgan fingerprint density at radius 3 is 2.67 bits per heavy atom. The Bertz CT molecular complexity index is 1510. The molecule has 11 heteroatoms. The second-order valence-electron chi connectivity index (χ2n) is 8.79. The van der Waals surface area contributed by atoms with E-state index in [1.54, 1.807) is 55.8 Å². The second-order valence-corrected chi connectivity index (χ2v) is 9.18. The average molecular weight is 544 g/mol. The minimum Gasteiger partial charge on any atom is -0.495 e. The smallest absolute Gasteiger partial charge is 0.280 e. The van der Waals surface area contributed by atoms with Crippen LogP contribution in [-0.2, 0) is 4.79 Å². The zero-order valence-electron chi connectivity index (χ0n) is 20.9. The van der Waals surface area contributed by atoms with Crippen LogP contribution in [0.5, 0.6) is 5.75 Å². The molecule has 5 rings (SSSR count). The standard InChI is InChI=1S/C28H25N5O5S/c1-37-23-12-5-3-9-19(23)30-25(34)15-17-32-27(26(31-28(32)39)20-10-6-7-16-29-20)24-14-13-22(38-24)18-8-2-4-11-21(18)33(35)36/h2-14,16,26-27H,15,17H2,1H3,(H,30,34)(H,31,39)/t26-,27+/m1/s1. The molecular formula is C28H25N5O5S. The highest BCUT2D eigenvalue weighted by Gasteiger charge is 2.41. The van der Waals surface area contributed by atoms with Crippen LogP contribution < -0.4 is 15.4 Å². The number of thiocarbonyl (C=S) groups is 1. The summed E-state index contributed by atoms with van der Waals surface area (Å²) in [6.45, 7) is 0.294. The zero-order chi connectivity index (χ0) is 27.4. The molecule has 1 saturated heterocycles. The van der Waals surface area contributed by atoms with Gasteiger partial charge < -0.3 is 24.7 Å². The number of hydrogen-bond donors (Lipinski definition) is 2. The zero-order valence-corrected chi connectivity index (χ0v) is 21.8. The number of anilines is 1. The number of nitro benzene ring substituents is 1. The number of aromatic nitrogens is 1. The number of carbonyl (C=O) groups excluding carboxylic acids is 1. The minimum atomic E-state index is -0.442. The molecule has 0 unspecified atom stereocenters. The van der Waals surface area contributed by atoms with E-state index in [-0.39, 0.29) is 24.1 Å². The van der Waals surface area contributed by atoms with Crippen molar-refractivity contribution in [3.8, 4) is 17.1 Å². The first-order valence-corrected chi connectivity index (χ1v) is 12.6. The summed E-state index contributed by atoms with van der Waals surface area (Å²) >= 11 is 5.68. The Hall–Kier alpha value is -4.77. The number of rotatable bonds is 9. The quantitative estimate of drug-likeness (QED) is 0.165. The fourth-order valence-corrected chi connectivity index (χ4v) is 4.97. The first-order valence-electron chi connectivity index (χ1n) is 12.2. The highest BCUT2D eigenvalue weighted by molar-refractivity contribution is 7.80. The van der Waals surface area contributed by atoms with Gasteiger partial charge in [-0.2, -0.15) is 0 Å². The number of para-hydroxylation sites is 3. The van der Waals surface area contributed by atoms with E-state index >= 15 is 0 Å². The van der Waals surface area contributed by atoms with Gasteiger partial charge in [-0.15, -0.1) is 0 Å². The van der Waals surface area contributed by atoms with Gasteiger partial charge >= 0.3 is 0 Å². The number of hydrogen-bond acceptors (Lipinski definition) is 7. The summed E-state index contributed by atoms with van der Waals surface area (Å²) in [5, 5.41) is 18.2. The lowest BCUT2D eigenvalue weighted by atomic mass is 10.0. The third-order valence-electron chi connectivity index (χ3n) is 6.44. The molecule has 4 aromatic rings. The largest absolute Gasteiger partial charge is 0.495 e. The molecule has 1 aliphatic rings. The van der Waals surface area contributed by atoms with Crippen molar-refractivity contribution in [1.29, 1.82) is 0 Å². The first-order chi connectivity index (χ1) is 19.0. The fraction of sp³-hybridized carbons (Fsp3) is 0.179.